The lowest BCUT2D eigenvalue weighted by atomic mass is 10.1. The molecule has 7 nitrogen and oxygen atoms in total. The lowest BCUT2D eigenvalue weighted by molar-refractivity contribution is 0.0724. The number of likely N-dealkylation sites (tertiary alicyclic amines) is 1. The molecule has 1 saturated heterocycles. The first-order valence-electron chi connectivity index (χ1n) is 9.24. The number of carbonyl (C=O) groups excluding carboxylic acids is 2. The second-order valence-electron chi connectivity index (χ2n) is 6.92. The molecule has 1 heterocycles. The van der Waals surface area contributed by atoms with Crippen molar-refractivity contribution in [3.05, 3.63) is 64.2 Å². The van der Waals surface area contributed by atoms with Gasteiger partial charge < -0.3 is 10.2 Å². The van der Waals surface area contributed by atoms with Gasteiger partial charge >= 0.3 is 0 Å². The van der Waals surface area contributed by atoms with Crippen LogP contribution in [0.5, 0.6) is 0 Å². The molecule has 0 radical (unpaired) electrons. The van der Waals surface area contributed by atoms with E-state index in [4.69, 9.17) is 16.7 Å². The van der Waals surface area contributed by atoms with Crippen molar-refractivity contribution >= 4 is 33.4 Å². The summed E-state index contributed by atoms with van der Waals surface area (Å²) in [5.74, 6) is -0.433. The highest BCUT2D eigenvalue weighted by molar-refractivity contribution is 7.89. The second-order valence-corrected chi connectivity index (χ2v) is 8.86. The number of piperidine rings is 1. The summed E-state index contributed by atoms with van der Waals surface area (Å²) in [6, 6.07) is 11.0. The number of halogens is 1. The normalized spacial score (nSPS) is 14.5. The predicted molar refractivity (Wildman–Crippen MR) is 110 cm³/mol. The molecule has 2 amide bonds. The van der Waals surface area contributed by atoms with Gasteiger partial charge in [0.25, 0.3) is 11.8 Å². The van der Waals surface area contributed by atoms with Gasteiger partial charge in [0.15, 0.2) is 0 Å². The van der Waals surface area contributed by atoms with Crippen LogP contribution in [0.2, 0.25) is 5.02 Å². The summed E-state index contributed by atoms with van der Waals surface area (Å²) in [5.41, 5.74) is 1.57. The number of nitrogens with zero attached hydrogens (tertiary/aromatic N) is 1. The van der Waals surface area contributed by atoms with Gasteiger partial charge in [-0.1, -0.05) is 23.7 Å². The van der Waals surface area contributed by atoms with E-state index >= 15 is 0 Å². The highest BCUT2D eigenvalue weighted by atomic mass is 35.5. The molecule has 1 aliphatic rings. The van der Waals surface area contributed by atoms with E-state index in [-0.39, 0.29) is 27.9 Å². The standard InChI is InChI=1S/C20H22ClN3O4S/c21-17-9-8-16(12-18(17)29(22,27)28)19(25)23-13-14-4-6-15(7-5-14)20(26)24-10-2-1-3-11-24/h4-9,12H,1-3,10-11,13H2,(H,23,25)(H2,22,27,28). The van der Waals surface area contributed by atoms with Crippen LogP contribution >= 0.6 is 11.6 Å². The second kappa shape index (κ2) is 8.94. The molecule has 29 heavy (non-hydrogen) atoms. The number of nitrogens with two attached hydrogens (primary N) is 1. The fourth-order valence-corrected chi connectivity index (χ4v) is 4.26. The van der Waals surface area contributed by atoms with Crippen LogP contribution < -0.4 is 10.5 Å². The van der Waals surface area contributed by atoms with Gasteiger partial charge in [0.05, 0.1) is 5.02 Å². The van der Waals surface area contributed by atoms with E-state index in [9.17, 15) is 18.0 Å². The van der Waals surface area contributed by atoms with Crippen molar-refractivity contribution in [2.24, 2.45) is 5.14 Å². The Labute approximate surface area is 174 Å². The third-order valence-corrected chi connectivity index (χ3v) is 6.19. The molecule has 1 fully saturated rings. The first-order chi connectivity index (χ1) is 13.8. The molecular weight excluding hydrogens is 414 g/mol. The minimum absolute atomic E-state index is 0.0250. The van der Waals surface area contributed by atoms with Gasteiger partial charge in [-0.2, -0.15) is 0 Å². The van der Waals surface area contributed by atoms with E-state index in [1.54, 1.807) is 24.3 Å². The monoisotopic (exact) mass is 435 g/mol. The molecule has 0 atom stereocenters. The van der Waals surface area contributed by atoms with Gasteiger partial charge in [-0.15, -0.1) is 0 Å². The molecule has 154 valence electrons. The van der Waals surface area contributed by atoms with Crippen molar-refractivity contribution < 1.29 is 18.0 Å². The molecule has 0 aromatic heterocycles. The molecule has 2 aromatic rings. The molecule has 0 bridgehead atoms. The Morgan fingerprint density at radius 1 is 1.00 bits per heavy atom. The van der Waals surface area contributed by atoms with E-state index < -0.39 is 15.9 Å². The van der Waals surface area contributed by atoms with Crippen LogP contribution in [0.1, 0.15) is 45.5 Å². The molecule has 0 spiro atoms. The zero-order valence-electron chi connectivity index (χ0n) is 15.7. The zero-order valence-corrected chi connectivity index (χ0v) is 17.3. The average Bonchev–Trinajstić information content (AvgIpc) is 2.72. The number of hydrogen-bond donors (Lipinski definition) is 2. The largest absolute Gasteiger partial charge is 0.348 e. The maximum atomic E-state index is 12.5. The molecule has 0 unspecified atom stereocenters. The maximum absolute atomic E-state index is 12.5. The molecule has 9 heteroatoms. The van der Waals surface area contributed by atoms with Crippen LogP contribution in [0, 0.1) is 0 Å². The molecule has 1 aliphatic heterocycles. The number of hydrogen-bond acceptors (Lipinski definition) is 4. The quantitative estimate of drug-likeness (QED) is 0.751. The predicted octanol–water partition coefficient (Wildman–Crippen LogP) is 2.54. The summed E-state index contributed by atoms with van der Waals surface area (Å²) in [4.78, 5) is 26.4. The number of sulfonamides is 1. The van der Waals surface area contributed by atoms with E-state index in [1.165, 1.54) is 12.1 Å². The lowest BCUT2D eigenvalue weighted by Gasteiger charge is -2.26. The molecule has 3 rings (SSSR count). The Morgan fingerprint density at radius 2 is 1.62 bits per heavy atom. The number of carbonyl (C=O) groups is 2. The van der Waals surface area contributed by atoms with Gasteiger partial charge in [-0.05, 0) is 55.2 Å². The first-order valence-corrected chi connectivity index (χ1v) is 11.2. The molecule has 2 aromatic carbocycles. The highest BCUT2D eigenvalue weighted by Gasteiger charge is 2.18. The highest BCUT2D eigenvalue weighted by Crippen LogP contribution is 2.21. The summed E-state index contributed by atoms with van der Waals surface area (Å²) in [5, 5.41) is 7.78. The van der Waals surface area contributed by atoms with Gasteiger partial charge in [0.1, 0.15) is 4.90 Å². The Balaban J connectivity index is 1.63. The number of amides is 2. The number of benzene rings is 2. The van der Waals surface area contributed by atoms with Crippen molar-refractivity contribution in [2.75, 3.05) is 13.1 Å². The van der Waals surface area contributed by atoms with Crippen molar-refractivity contribution in [1.29, 1.82) is 0 Å². The first kappa shape index (κ1) is 21.3. The SMILES string of the molecule is NS(=O)(=O)c1cc(C(=O)NCc2ccc(C(=O)N3CCCCC3)cc2)ccc1Cl. The van der Waals surface area contributed by atoms with Gasteiger partial charge in [0.2, 0.25) is 10.0 Å². The third kappa shape index (κ3) is 5.35. The summed E-state index contributed by atoms with van der Waals surface area (Å²) in [7, 11) is -4.03. The van der Waals surface area contributed by atoms with Crippen LogP contribution in [-0.2, 0) is 16.6 Å². The van der Waals surface area contributed by atoms with Crippen molar-refractivity contribution in [1.82, 2.24) is 10.2 Å². The Kier molecular flexibility index (Phi) is 6.56. The maximum Gasteiger partial charge on any atom is 0.253 e. The van der Waals surface area contributed by atoms with Crippen LogP contribution in [0.25, 0.3) is 0 Å². The fraction of sp³-hybridized carbons (Fsp3) is 0.300. The minimum Gasteiger partial charge on any atom is -0.348 e. The molecular formula is C20H22ClN3O4S. The molecule has 0 aliphatic carbocycles. The Morgan fingerprint density at radius 3 is 2.24 bits per heavy atom. The van der Waals surface area contributed by atoms with Crippen molar-refractivity contribution in [2.45, 2.75) is 30.7 Å². The van der Waals surface area contributed by atoms with Crippen LogP contribution in [0.4, 0.5) is 0 Å². The minimum atomic E-state index is -4.03. The van der Waals surface area contributed by atoms with Gasteiger partial charge in [-0.25, -0.2) is 13.6 Å². The Bertz CT molecular complexity index is 1020. The van der Waals surface area contributed by atoms with Crippen LogP contribution in [0.3, 0.4) is 0 Å². The Hall–Kier alpha value is -2.42. The van der Waals surface area contributed by atoms with Gasteiger partial charge in [0, 0.05) is 30.8 Å². The van der Waals surface area contributed by atoms with E-state index in [2.05, 4.69) is 5.32 Å². The van der Waals surface area contributed by atoms with Crippen molar-refractivity contribution in [3.8, 4) is 0 Å². The summed E-state index contributed by atoms with van der Waals surface area (Å²) in [6.45, 7) is 1.81. The number of primary sulfonamides is 1. The van der Waals surface area contributed by atoms with Crippen LogP contribution in [-0.4, -0.2) is 38.2 Å². The molecule has 0 saturated carbocycles. The smallest absolute Gasteiger partial charge is 0.253 e. The number of rotatable bonds is 5. The summed E-state index contributed by atoms with van der Waals surface area (Å²) in [6.07, 6.45) is 3.23. The van der Waals surface area contributed by atoms with E-state index in [1.807, 2.05) is 4.90 Å². The zero-order chi connectivity index (χ0) is 21.0. The van der Waals surface area contributed by atoms with Crippen molar-refractivity contribution in [3.63, 3.8) is 0 Å². The lowest BCUT2D eigenvalue weighted by Crippen LogP contribution is -2.35. The topological polar surface area (TPSA) is 110 Å². The van der Waals surface area contributed by atoms with E-state index in [0.29, 0.717) is 5.56 Å². The summed E-state index contributed by atoms with van der Waals surface area (Å²) < 4.78 is 23.1. The van der Waals surface area contributed by atoms with Crippen LogP contribution in [0.15, 0.2) is 47.4 Å². The van der Waals surface area contributed by atoms with E-state index in [0.717, 1.165) is 44.0 Å². The molecule has 3 N–H and O–H groups in total. The third-order valence-electron chi connectivity index (χ3n) is 4.80. The number of nitrogens with one attached hydrogen (secondary N) is 1. The van der Waals surface area contributed by atoms with Gasteiger partial charge in [-0.3, -0.25) is 9.59 Å². The fourth-order valence-electron chi connectivity index (χ4n) is 3.19. The average molecular weight is 436 g/mol. The summed E-state index contributed by atoms with van der Waals surface area (Å²) >= 11 is 5.83.